The van der Waals surface area contributed by atoms with Crippen molar-refractivity contribution in [3.63, 3.8) is 0 Å². The van der Waals surface area contributed by atoms with Gasteiger partial charge in [0.15, 0.2) is 0 Å². The maximum absolute atomic E-state index is 2.44. The summed E-state index contributed by atoms with van der Waals surface area (Å²) in [6.07, 6.45) is 9.14. The van der Waals surface area contributed by atoms with Gasteiger partial charge in [0.05, 0.1) is 22.1 Å². The molecule has 2 nitrogen and oxygen atoms in total. The smallest absolute Gasteiger partial charge is 0.0541 e. The van der Waals surface area contributed by atoms with Crippen LogP contribution in [0.4, 0.5) is 0 Å². The molecule has 0 saturated heterocycles. The third-order valence-electron chi connectivity index (χ3n) is 12.3. The topological polar surface area (TPSA) is 9.86 Å². The molecule has 0 amide bonds. The van der Waals surface area contributed by atoms with Crippen LogP contribution in [0.1, 0.15) is 23.0 Å². The lowest BCUT2D eigenvalue weighted by atomic mass is 9.69. The molecule has 262 valence electrons. The number of nitrogens with zero attached hydrogens (tertiary/aromatic N) is 2. The van der Waals surface area contributed by atoms with Gasteiger partial charge in [-0.3, -0.25) is 0 Å². The van der Waals surface area contributed by atoms with Gasteiger partial charge in [0, 0.05) is 44.8 Å². The number of hydrogen-bond acceptors (Lipinski definition) is 0. The first-order chi connectivity index (χ1) is 27.8. The number of benzene rings is 8. The highest BCUT2D eigenvalue weighted by atomic mass is 15.0. The normalized spacial score (nSPS) is 15.7. The second kappa shape index (κ2) is 12.2. The van der Waals surface area contributed by atoms with E-state index in [1.54, 1.807) is 0 Å². The average molecular weight is 713 g/mol. The van der Waals surface area contributed by atoms with Crippen LogP contribution in [-0.2, 0) is 0 Å². The standard InChI is InChI=1S/C54H36N2/c1-2-14-39(15-3-1)55-51-23-10-8-21-46(51)49-33-37(26-29-53(49)55)38-27-30-54-50(34-38)47-22-9-11-24-52(47)56(54)40-16-12-13-35(31-40)36-25-28-45-43-19-5-4-17-41(43)42-18-6-7-20-44(42)48(45)32-36/h1-34,41,43H. The summed E-state index contributed by atoms with van der Waals surface area (Å²) in [6.45, 7) is 0. The molecule has 0 bridgehead atoms. The Morgan fingerprint density at radius 1 is 0.304 bits per heavy atom. The number of para-hydroxylation sites is 3. The second-order valence-corrected chi connectivity index (χ2v) is 15.3. The van der Waals surface area contributed by atoms with Gasteiger partial charge >= 0.3 is 0 Å². The molecule has 0 saturated carbocycles. The van der Waals surface area contributed by atoms with Gasteiger partial charge in [-0.15, -0.1) is 0 Å². The maximum atomic E-state index is 2.44. The van der Waals surface area contributed by atoms with Crippen LogP contribution in [0.2, 0.25) is 0 Å². The first-order valence-electron chi connectivity index (χ1n) is 19.6. The van der Waals surface area contributed by atoms with Crippen LogP contribution in [0.25, 0.3) is 88.4 Å². The van der Waals surface area contributed by atoms with E-state index >= 15 is 0 Å². The molecule has 2 heterocycles. The molecule has 2 atom stereocenters. The summed E-state index contributed by atoms with van der Waals surface area (Å²) >= 11 is 0. The molecule has 0 N–H and O–H groups in total. The van der Waals surface area contributed by atoms with Crippen molar-refractivity contribution in [2.45, 2.75) is 11.8 Å². The van der Waals surface area contributed by atoms with Crippen molar-refractivity contribution in [3.8, 4) is 44.8 Å². The minimum atomic E-state index is 0.365. The molecule has 0 fully saturated rings. The molecule has 2 unspecified atom stereocenters. The van der Waals surface area contributed by atoms with E-state index in [1.165, 1.54) is 93.8 Å². The molecule has 2 heteroatoms. The Kier molecular flexibility index (Phi) is 6.79. The summed E-state index contributed by atoms with van der Waals surface area (Å²) in [5.74, 6) is 0.752. The lowest BCUT2D eigenvalue weighted by molar-refractivity contribution is 0.720. The zero-order chi connectivity index (χ0) is 36.7. The van der Waals surface area contributed by atoms with Gasteiger partial charge in [0.2, 0.25) is 0 Å². The highest BCUT2D eigenvalue weighted by molar-refractivity contribution is 6.12. The van der Waals surface area contributed by atoms with Crippen LogP contribution in [0.5, 0.6) is 0 Å². The average Bonchev–Trinajstić information content (AvgIpc) is 3.79. The van der Waals surface area contributed by atoms with Crippen LogP contribution in [0.15, 0.2) is 206 Å². The van der Waals surface area contributed by atoms with E-state index in [9.17, 15) is 0 Å². The van der Waals surface area contributed by atoms with Crippen LogP contribution in [0, 0.1) is 0 Å². The Labute approximate surface area is 325 Å². The lowest BCUT2D eigenvalue weighted by Gasteiger charge is -2.34. The van der Waals surface area contributed by atoms with Crippen molar-refractivity contribution in [2.75, 3.05) is 0 Å². The highest BCUT2D eigenvalue weighted by Gasteiger charge is 2.31. The summed E-state index contributed by atoms with van der Waals surface area (Å²) in [5.41, 5.74) is 17.6. The molecular weight excluding hydrogens is 677 g/mol. The molecule has 2 aliphatic carbocycles. The first-order valence-corrected chi connectivity index (χ1v) is 19.6. The predicted molar refractivity (Wildman–Crippen MR) is 235 cm³/mol. The number of aromatic nitrogens is 2. The van der Waals surface area contributed by atoms with Gasteiger partial charge in [-0.25, -0.2) is 0 Å². The van der Waals surface area contributed by atoms with Crippen molar-refractivity contribution in [1.29, 1.82) is 0 Å². The molecule has 2 aromatic heterocycles. The van der Waals surface area contributed by atoms with Gasteiger partial charge in [-0.05, 0) is 111 Å². The third-order valence-corrected chi connectivity index (χ3v) is 12.3. The van der Waals surface area contributed by atoms with E-state index in [-0.39, 0.29) is 0 Å². The Morgan fingerprint density at radius 2 is 0.804 bits per heavy atom. The van der Waals surface area contributed by atoms with E-state index in [2.05, 4.69) is 215 Å². The van der Waals surface area contributed by atoms with Gasteiger partial charge in [0.1, 0.15) is 0 Å². The van der Waals surface area contributed by atoms with Crippen LogP contribution < -0.4 is 0 Å². The quantitative estimate of drug-likeness (QED) is 0.172. The lowest BCUT2D eigenvalue weighted by Crippen LogP contribution is -2.16. The Balaban J connectivity index is 0.976. The largest absolute Gasteiger partial charge is 0.309 e. The minimum absolute atomic E-state index is 0.365. The molecule has 10 aromatic rings. The SMILES string of the molecule is C1=CC2c3ccccc3-c3cc(-c4cccc(-n5c6ccccc6c6cc(-c7ccc8c(c7)c7ccccc7n8-c7ccccc7)ccc65)c4)ccc3C2C=C1. The second-order valence-electron chi connectivity index (χ2n) is 15.3. The third kappa shape index (κ3) is 4.63. The molecule has 56 heavy (non-hydrogen) atoms. The van der Waals surface area contributed by atoms with E-state index < -0.39 is 0 Å². The number of fused-ring (bicyclic) bond motifs is 12. The summed E-state index contributed by atoms with van der Waals surface area (Å²) < 4.78 is 4.82. The number of rotatable bonds is 4. The highest BCUT2D eigenvalue weighted by Crippen LogP contribution is 2.50. The van der Waals surface area contributed by atoms with Gasteiger partial charge in [-0.1, -0.05) is 140 Å². The molecule has 2 aliphatic rings. The summed E-state index contributed by atoms with van der Waals surface area (Å²) in [5, 5.41) is 5.04. The first kappa shape index (κ1) is 31.2. The van der Waals surface area contributed by atoms with E-state index in [4.69, 9.17) is 0 Å². The van der Waals surface area contributed by atoms with Crippen LogP contribution in [0.3, 0.4) is 0 Å². The van der Waals surface area contributed by atoms with Gasteiger partial charge < -0.3 is 9.13 Å². The van der Waals surface area contributed by atoms with E-state index in [0.717, 1.165) is 5.69 Å². The fourth-order valence-electron chi connectivity index (χ4n) is 9.76. The molecular formula is C54H36N2. The molecule has 0 aliphatic heterocycles. The molecule has 12 rings (SSSR count). The minimum Gasteiger partial charge on any atom is -0.309 e. The fraction of sp³-hybridized carbons (Fsp3) is 0.0370. The van der Waals surface area contributed by atoms with Crippen molar-refractivity contribution in [3.05, 3.63) is 217 Å². The Morgan fingerprint density at radius 3 is 1.50 bits per heavy atom. The summed E-state index contributed by atoms with van der Waals surface area (Å²) in [6, 6.07) is 67.3. The van der Waals surface area contributed by atoms with E-state index in [0.29, 0.717) is 11.8 Å². The molecule has 0 radical (unpaired) electrons. The van der Waals surface area contributed by atoms with Crippen molar-refractivity contribution < 1.29 is 0 Å². The van der Waals surface area contributed by atoms with Crippen molar-refractivity contribution in [2.24, 2.45) is 0 Å². The summed E-state index contributed by atoms with van der Waals surface area (Å²) in [4.78, 5) is 0. The Bertz CT molecular complexity index is 3260. The molecule has 0 spiro atoms. The fourth-order valence-corrected chi connectivity index (χ4v) is 9.76. The zero-order valence-electron chi connectivity index (χ0n) is 30.7. The maximum Gasteiger partial charge on any atom is 0.0541 e. The van der Waals surface area contributed by atoms with Crippen molar-refractivity contribution in [1.82, 2.24) is 9.13 Å². The summed E-state index contributed by atoms with van der Waals surface area (Å²) in [7, 11) is 0. The zero-order valence-corrected chi connectivity index (χ0v) is 30.7. The van der Waals surface area contributed by atoms with Crippen LogP contribution >= 0.6 is 0 Å². The van der Waals surface area contributed by atoms with Crippen LogP contribution in [-0.4, -0.2) is 9.13 Å². The van der Waals surface area contributed by atoms with Gasteiger partial charge in [0.25, 0.3) is 0 Å². The number of hydrogen-bond donors (Lipinski definition) is 0. The predicted octanol–water partition coefficient (Wildman–Crippen LogP) is 14.2. The van der Waals surface area contributed by atoms with Crippen molar-refractivity contribution >= 4 is 43.6 Å². The van der Waals surface area contributed by atoms with Gasteiger partial charge in [-0.2, -0.15) is 0 Å². The monoisotopic (exact) mass is 712 g/mol. The van der Waals surface area contributed by atoms with E-state index in [1.807, 2.05) is 0 Å². The Hall–Kier alpha value is -7.16. The number of allylic oxidation sites excluding steroid dienone is 4. The molecule has 8 aromatic carbocycles.